The Labute approximate surface area is 109 Å². The first kappa shape index (κ1) is 12.9. The lowest BCUT2D eigenvalue weighted by atomic mass is 10.0. The Morgan fingerprint density at radius 2 is 2.28 bits per heavy atom. The second kappa shape index (κ2) is 5.89. The van der Waals surface area contributed by atoms with Crippen molar-refractivity contribution < 1.29 is 0 Å². The lowest BCUT2D eigenvalue weighted by Gasteiger charge is -2.18. The first-order valence-corrected chi connectivity index (χ1v) is 6.86. The molecular weight excluding hydrogens is 226 g/mol. The molecule has 2 heterocycles. The summed E-state index contributed by atoms with van der Waals surface area (Å²) < 4.78 is 0. The second-order valence-corrected chi connectivity index (χ2v) is 4.89. The molecule has 1 unspecified atom stereocenters. The van der Waals surface area contributed by atoms with Crippen molar-refractivity contribution in [1.29, 1.82) is 0 Å². The molecule has 18 heavy (non-hydrogen) atoms. The molecule has 0 radical (unpaired) electrons. The molecule has 1 aliphatic heterocycles. The van der Waals surface area contributed by atoms with E-state index in [0.717, 1.165) is 37.2 Å². The van der Waals surface area contributed by atoms with Gasteiger partial charge in [-0.05, 0) is 25.7 Å². The molecule has 0 amide bonds. The van der Waals surface area contributed by atoms with E-state index in [1.54, 1.807) is 0 Å². The Kier molecular flexibility index (Phi) is 4.23. The quantitative estimate of drug-likeness (QED) is 0.836. The molecule has 1 fully saturated rings. The predicted octanol–water partition coefficient (Wildman–Crippen LogP) is 2.12. The van der Waals surface area contributed by atoms with E-state index < -0.39 is 0 Å². The van der Waals surface area contributed by atoms with E-state index in [0.29, 0.717) is 5.95 Å². The zero-order valence-corrected chi connectivity index (χ0v) is 11.3. The minimum Gasteiger partial charge on any atom is -0.370 e. The maximum atomic E-state index is 5.76. The number of nitrogens with two attached hydrogens (primary N) is 1. The average Bonchev–Trinajstić information content (AvgIpc) is 2.78. The van der Waals surface area contributed by atoms with Crippen LogP contribution in [0.25, 0.3) is 0 Å². The van der Waals surface area contributed by atoms with Crippen molar-refractivity contribution in [2.24, 2.45) is 5.92 Å². The molecule has 0 aliphatic carbocycles. The van der Waals surface area contributed by atoms with Crippen molar-refractivity contribution in [1.82, 2.24) is 9.97 Å². The minimum atomic E-state index is 0.349. The van der Waals surface area contributed by atoms with Crippen LogP contribution in [0, 0.1) is 5.92 Å². The summed E-state index contributed by atoms with van der Waals surface area (Å²) in [6.07, 6.45) is 3.82. The normalized spacial score (nSPS) is 19.2. The number of nitrogens with zero attached hydrogens (tertiary/aromatic N) is 3. The fourth-order valence-corrected chi connectivity index (χ4v) is 2.57. The molecule has 0 spiro atoms. The van der Waals surface area contributed by atoms with E-state index >= 15 is 0 Å². The molecule has 3 N–H and O–H groups in total. The SMILES string of the molecule is CCCC1CCN(c2cc(NCC)nc(N)n2)C1. The molecule has 0 saturated carbocycles. The van der Waals surface area contributed by atoms with Crippen molar-refractivity contribution in [2.45, 2.75) is 33.1 Å². The molecular formula is C13H23N5. The maximum absolute atomic E-state index is 5.76. The van der Waals surface area contributed by atoms with E-state index in [-0.39, 0.29) is 0 Å². The van der Waals surface area contributed by atoms with E-state index in [2.05, 4.69) is 27.1 Å². The Morgan fingerprint density at radius 3 is 3.00 bits per heavy atom. The number of hydrogen-bond donors (Lipinski definition) is 2. The summed E-state index contributed by atoms with van der Waals surface area (Å²) in [5.74, 6) is 2.92. The summed E-state index contributed by atoms with van der Waals surface area (Å²) in [4.78, 5) is 10.8. The molecule has 1 aromatic heterocycles. The smallest absolute Gasteiger partial charge is 0.223 e. The van der Waals surface area contributed by atoms with Gasteiger partial charge in [-0.2, -0.15) is 9.97 Å². The van der Waals surface area contributed by atoms with Crippen LogP contribution >= 0.6 is 0 Å². The topological polar surface area (TPSA) is 67.1 Å². The van der Waals surface area contributed by atoms with Crippen LogP contribution in [0.5, 0.6) is 0 Å². The number of anilines is 3. The van der Waals surface area contributed by atoms with Crippen molar-refractivity contribution in [2.75, 3.05) is 35.6 Å². The third kappa shape index (κ3) is 3.03. The van der Waals surface area contributed by atoms with Crippen LogP contribution in [0.2, 0.25) is 0 Å². The summed E-state index contributed by atoms with van der Waals surface area (Å²) in [6, 6.07) is 1.99. The van der Waals surface area contributed by atoms with Gasteiger partial charge in [-0.15, -0.1) is 0 Å². The van der Waals surface area contributed by atoms with Crippen LogP contribution in [0.3, 0.4) is 0 Å². The highest BCUT2D eigenvalue weighted by atomic mass is 15.2. The fraction of sp³-hybridized carbons (Fsp3) is 0.692. The van der Waals surface area contributed by atoms with Crippen LogP contribution < -0.4 is 16.0 Å². The van der Waals surface area contributed by atoms with Gasteiger partial charge >= 0.3 is 0 Å². The molecule has 5 heteroatoms. The minimum absolute atomic E-state index is 0.349. The fourth-order valence-electron chi connectivity index (χ4n) is 2.57. The lowest BCUT2D eigenvalue weighted by molar-refractivity contribution is 0.529. The third-order valence-electron chi connectivity index (χ3n) is 3.39. The molecule has 1 saturated heterocycles. The maximum Gasteiger partial charge on any atom is 0.223 e. The first-order chi connectivity index (χ1) is 8.72. The predicted molar refractivity (Wildman–Crippen MR) is 75.8 cm³/mol. The summed E-state index contributed by atoms with van der Waals surface area (Å²) in [5, 5.41) is 3.19. The molecule has 1 aromatic rings. The molecule has 5 nitrogen and oxygen atoms in total. The number of rotatable bonds is 5. The van der Waals surface area contributed by atoms with E-state index in [1.807, 2.05) is 13.0 Å². The Bertz CT molecular complexity index is 393. The van der Waals surface area contributed by atoms with Crippen molar-refractivity contribution >= 4 is 17.6 Å². The zero-order chi connectivity index (χ0) is 13.0. The van der Waals surface area contributed by atoms with Crippen LogP contribution in [0.15, 0.2) is 6.07 Å². The molecule has 0 bridgehead atoms. The van der Waals surface area contributed by atoms with Gasteiger partial charge in [0, 0.05) is 25.7 Å². The van der Waals surface area contributed by atoms with Crippen molar-refractivity contribution in [3.8, 4) is 0 Å². The Balaban J connectivity index is 2.08. The molecule has 100 valence electrons. The lowest BCUT2D eigenvalue weighted by Crippen LogP contribution is -2.21. The summed E-state index contributed by atoms with van der Waals surface area (Å²) in [6.45, 7) is 7.30. The molecule has 0 aromatic carbocycles. The van der Waals surface area contributed by atoms with Crippen LogP contribution in [-0.2, 0) is 0 Å². The number of aromatic nitrogens is 2. The van der Waals surface area contributed by atoms with Gasteiger partial charge in [0.15, 0.2) is 0 Å². The summed E-state index contributed by atoms with van der Waals surface area (Å²) in [5.41, 5.74) is 5.76. The largest absolute Gasteiger partial charge is 0.370 e. The summed E-state index contributed by atoms with van der Waals surface area (Å²) in [7, 11) is 0. The highest BCUT2D eigenvalue weighted by Gasteiger charge is 2.23. The number of nitrogens with one attached hydrogen (secondary N) is 1. The Morgan fingerprint density at radius 1 is 1.44 bits per heavy atom. The summed E-state index contributed by atoms with van der Waals surface area (Å²) >= 11 is 0. The first-order valence-electron chi connectivity index (χ1n) is 6.86. The van der Waals surface area contributed by atoms with Gasteiger partial charge in [-0.3, -0.25) is 0 Å². The van der Waals surface area contributed by atoms with Crippen LogP contribution in [0.4, 0.5) is 17.6 Å². The van der Waals surface area contributed by atoms with Crippen molar-refractivity contribution in [3.05, 3.63) is 6.07 Å². The molecule has 1 atom stereocenters. The highest BCUT2D eigenvalue weighted by Crippen LogP contribution is 2.26. The van der Waals surface area contributed by atoms with Crippen molar-refractivity contribution in [3.63, 3.8) is 0 Å². The zero-order valence-electron chi connectivity index (χ0n) is 11.3. The van der Waals surface area contributed by atoms with Gasteiger partial charge in [0.2, 0.25) is 5.95 Å². The van der Waals surface area contributed by atoms with Gasteiger partial charge < -0.3 is 16.0 Å². The number of hydrogen-bond acceptors (Lipinski definition) is 5. The van der Waals surface area contributed by atoms with Gasteiger partial charge in [-0.1, -0.05) is 13.3 Å². The van der Waals surface area contributed by atoms with E-state index in [4.69, 9.17) is 5.73 Å². The van der Waals surface area contributed by atoms with Crippen LogP contribution in [0.1, 0.15) is 33.1 Å². The van der Waals surface area contributed by atoms with Gasteiger partial charge in [0.05, 0.1) is 0 Å². The average molecular weight is 249 g/mol. The number of nitrogen functional groups attached to an aromatic ring is 1. The van der Waals surface area contributed by atoms with E-state index in [9.17, 15) is 0 Å². The van der Waals surface area contributed by atoms with E-state index in [1.165, 1.54) is 19.3 Å². The highest BCUT2D eigenvalue weighted by molar-refractivity contribution is 5.53. The van der Waals surface area contributed by atoms with Gasteiger partial charge in [-0.25, -0.2) is 0 Å². The van der Waals surface area contributed by atoms with Gasteiger partial charge in [0.25, 0.3) is 0 Å². The van der Waals surface area contributed by atoms with Crippen LogP contribution in [-0.4, -0.2) is 29.6 Å². The Hall–Kier alpha value is -1.52. The monoisotopic (exact) mass is 249 g/mol. The second-order valence-electron chi connectivity index (χ2n) is 4.89. The standard InChI is InChI=1S/C13H23N5/c1-3-5-10-6-7-18(9-10)12-8-11(15-4-2)16-13(14)17-12/h8,10H,3-7,9H2,1-2H3,(H3,14,15,16,17). The molecule has 1 aliphatic rings. The molecule has 2 rings (SSSR count). The van der Waals surface area contributed by atoms with Gasteiger partial charge in [0.1, 0.15) is 11.6 Å². The third-order valence-corrected chi connectivity index (χ3v) is 3.39.